The van der Waals surface area contributed by atoms with Crippen LogP contribution in [0.1, 0.15) is 39.2 Å². The normalized spacial score (nSPS) is 11.7. The highest BCUT2D eigenvalue weighted by Crippen LogP contribution is 2.16. The number of ether oxygens (including phenoxy) is 1. The van der Waals surface area contributed by atoms with Crippen LogP contribution in [0.3, 0.4) is 0 Å². The molecule has 2 rings (SSSR count). The Kier molecular flexibility index (Phi) is 5.05. The van der Waals surface area contributed by atoms with Crippen molar-refractivity contribution in [2.24, 2.45) is 0 Å². The van der Waals surface area contributed by atoms with E-state index in [4.69, 9.17) is 0 Å². The molecule has 6 heteroatoms. The van der Waals surface area contributed by atoms with Crippen LogP contribution in [-0.4, -0.2) is 19.0 Å². The summed E-state index contributed by atoms with van der Waals surface area (Å²) in [7, 11) is 1.27. The molecule has 2 aromatic rings. The molecule has 120 valence electrons. The first kappa shape index (κ1) is 16.6. The van der Waals surface area contributed by atoms with E-state index in [1.165, 1.54) is 37.4 Å². The van der Waals surface area contributed by atoms with Crippen LogP contribution in [-0.2, 0) is 4.74 Å². The number of methoxy groups -OCH3 is 1. The van der Waals surface area contributed by atoms with Crippen molar-refractivity contribution in [1.82, 2.24) is 5.32 Å². The fourth-order valence-corrected chi connectivity index (χ4v) is 2.02. The zero-order valence-corrected chi connectivity index (χ0v) is 12.6. The van der Waals surface area contributed by atoms with Gasteiger partial charge in [0.1, 0.15) is 0 Å². The van der Waals surface area contributed by atoms with E-state index in [9.17, 15) is 18.4 Å². The zero-order chi connectivity index (χ0) is 17.0. The lowest BCUT2D eigenvalue weighted by Crippen LogP contribution is -2.26. The first-order chi connectivity index (χ1) is 10.9. The van der Waals surface area contributed by atoms with Gasteiger partial charge in [-0.15, -0.1) is 0 Å². The molecule has 0 heterocycles. The molecule has 0 aliphatic carbocycles. The zero-order valence-electron chi connectivity index (χ0n) is 12.6. The molecule has 0 aromatic heterocycles. The van der Waals surface area contributed by atoms with Crippen molar-refractivity contribution in [1.29, 1.82) is 0 Å². The molecular weight excluding hydrogens is 304 g/mol. The maximum Gasteiger partial charge on any atom is 0.337 e. The van der Waals surface area contributed by atoms with Gasteiger partial charge in [0.05, 0.1) is 18.7 Å². The Balaban J connectivity index is 2.08. The van der Waals surface area contributed by atoms with Crippen molar-refractivity contribution in [2.75, 3.05) is 7.11 Å². The van der Waals surface area contributed by atoms with E-state index >= 15 is 0 Å². The molecule has 0 bridgehead atoms. The van der Waals surface area contributed by atoms with Gasteiger partial charge in [0.15, 0.2) is 11.6 Å². The van der Waals surface area contributed by atoms with E-state index in [1.54, 1.807) is 6.92 Å². The third-order valence-electron chi connectivity index (χ3n) is 3.36. The molecular formula is C17H15F2NO3. The van der Waals surface area contributed by atoms with Crippen LogP contribution in [0.2, 0.25) is 0 Å². The van der Waals surface area contributed by atoms with Crippen molar-refractivity contribution in [3.8, 4) is 0 Å². The van der Waals surface area contributed by atoms with Gasteiger partial charge in [-0.2, -0.15) is 0 Å². The summed E-state index contributed by atoms with van der Waals surface area (Å²) in [6, 6.07) is 8.88. The molecule has 0 fully saturated rings. The van der Waals surface area contributed by atoms with Crippen LogP contribution < -0.4 is 5.32 Å². The molecule has 1 N–H and O–H groups in total. The van der Waals surface area contributed by atoms with Crippen LogP contribution in [0, 0.1) is 11.6 Å². The molecule has 0 aliphatic heterocycles. The summed E-state index contributed by atoms with van der Waals surface area (Å²) >= 11 is 0. The number of halogens is 2. The van der Waals surface area contributed by atoms with Crippen LogP contribution >= 0.6 is 0 Å². The highest BCUT2D eigenvalue weighted by molar-refractivity contribution is 5.96. The van der Waals surface area contributed by atoms with E-state index in [0.717, 1.165) is 12.1 Å². The van der Waals surface area contributed by atoms with Gasteiger partial charge in [-0.3, -0.25) is 4.79 Å². The van der Waals surface area contributed by atoms with Crippen molar-refractivity contribution in [3.05, 3.63) is 70.8 Å². The number of esters is 1. The average Bonchev–Trinajstić information content (AvgIpc) is 2.56. The molecule has 0 saturated carbocycles. The van der Waals surface area contributed by atoms with E-state index in [2.05, 4.69) is 10.1 Å². The summed E-state index contributed by atoms with van der Waals surface area (Å²) in [5.41, 5.74) is 1.12. The topological polar surface area (TPSA) is 55.4 Å². The van der Waals surface area contributed by atoms with Crippen LogP contribution in [0.5, 0.6) is 0 Å². The molecule has 1 atom stereocenters. The molecule has 0 radical (unpaired) electrons. The first-order valence-electron chi connectivity index (χ1n) is 6.86. The second-order valence-corrected chi connectivity index (χ2v) is 4.94. The number of carbonyl (C=O) groups excluding carboxylic acids is 2. The largest absolute Gasteiger partial charge is 0.465 e. The maximum atomic E-state index is 13.2. The minimum Gasteiger partial charge on any atom is -0.465 e. The van der Waals surface area contributed by atoms with Gasteiger partial charge in [0, 0.05) is 5.56 Å². The van der Waals surface area contributed by atoms with Crippen molar-refractivity contribution < 1.29 is 23.1 Å². The Hall–Kier alpha value is -2.76. The molecule has 4 nitrogen and oxygen atoms in total. The third-order valence-corrected chi connectivity index (χ3v) is 3.36. The molecule has 0 spiro atoms. The molecule has 0 saturated heterocycles. The van der Waals surface area contributed by atoms with Crippen LogP contribution in [0.15, 0.2) is 42.5 Å². The quantitative estimate of drug-likeness (QED) is 0.880. The summed E-state index contributed by atoms with van der Waals surface area (Å²) in [4.78, 5) is 23.5. The summed E-state index contributed by atoms with van der Waals surface area (Å²) in [5.74, 6) is -2.79. The number of hydrogen-bond acceptors (Lipinski definition) is 3. The van der Waals surface area contributed by atoms with Crippen LogP contribution in [0.25, 0.3) is 0 Å². The van der Waals surface area contributed by atoms with E-state index in [-0.39, 0.29) is 0 Å². The lowest BCUT2D eigenvalue weighted by molar-refractivity contribution is 0.0600. The second-order valence-electron chi connectivity index (χ2n) is 4.94. The fourth-order valence-electron chi connectivity index (χ4n) is 2.02. The van der Waals surface area contributed by atoms with Gasteiger partial charge < -0.3 is 10.1 Å². The number of carbonyl (C=O) groups is 2. The summed E-state index contributed by atoms with van der Waals surface area (Å²) in [6.07, 6.45) is 0. The number of rotatable bonds is 4. The highest BCUT2D eigenvalue weighted by Gasteiger charge is 2.14. The van der Waals surface area contributed by atoms with Crippen molar-refractivity contribution in [3.63, 3.8) is 0 Å². The number of hydrogen-bond donors (Lipinski definition) is 1. The van der Waals surface area contributed by atoms with Gasteiger partial charge in [0.2, 0.25) is 0 Å². The number of amides is 1. The molecule has 2 aromatic carbocycles. The Morgan fingerprint density at radius 3 is 2.17 bits per heavy atom. The van der Waals surface area contributed by atoms with Gasteiger partial charge in [0.25, 0.3) is 5.91 Å². The Bertz CT molecular complexity index is 729. The summed E-state index contributed by atoms with van der Waals surface area (Å²) in [6.45, 7) is 1.66. The first-order valence-corrected chi connectivity index (χ1v) is 6.86. The average molecular weight is 319 g/mol. The third kappa shape index (κ3) is 3.91. The number of nitrogens with one attached hydrogen (secondary N) is 1. The maximum absolute atomic E-state index is 13.2. The summed E-state index contributed by atoms with van der Waals surface area (Å²) in [5, 5.41) is 2.68. The monoisotopic (exact) mass is 319 g/mol. The minimum absolute atomic E-state index is 0.331. The summed E-state index contributed by atoms with van der Waals surface area (Å²) < 4.78 is 30.7. The van der Waals surface area contributed by atoms with Crippen LogP contribution in [0.4, 0.5) is 8.78 Å². The van der Waals surface area contributed by atoms with E-state index in [1.807, 2.05) is 0 Å². The Morgan fingerprint density at radius 1 is 1.00 bits per heavy atom. The predicted octanol–water partition coefficient (Wildman–Crippen LogP) is 3.24. The standard InChI is InChI=1S/C17H15F2NO3/c1-10(13-7-8-14(18)15(19)9-13)20-16(21)11-3-5-12(6-4-11)17(22)23-2/h3-10H,1-2H3,(H,20,21)/t10-/m1/s1. The highest BCUT2D eigenvalue weighted by atomic mass is 19.2. The van der Waals surface area contributed by atoms with Gasteiger partial charge in [-0.1, -0.05) is 6.07 Å². The van der Waals surface area contributed by atoms with Gasteiger partial charge in [-0.25, -0.2) is 13.6 Å². The van der Waals surface area contributed by atoms with Gasteiger partial charge >= 0.3 is 5.97 Å². The molecule has 1 amide bonds. The van der Waals surface area contributed by atoms with E-state index in [0.29, 0.717) is 16.7 Å². The Labute approximate surface area is 132 Å². The Morgan fingerprint density at radius 2 is 1.61 bits per heavy atom. The SMILES string of the molecule is COC(=O)c1ccc(C(=O)N[C@H](C)c2ccc(F)c(F)c2)cc1. The van der Waals surface area contributed by atoms with Crippen molar-refractivity contribution >= 4 is 11.9 Å². The lowest BCUT2D eigenvalue weighted by atomic mass is 10.1. The van der Waals surface area contributed by atoms with Crippen molar-refractivity contribution in [2.45, 2.75) is 13.0 Å². The molecule has 23 heavy (non-hydrogen) atoms. The number of benzene rings is 2. The predicted molar refractivity (Wildman–Crippen MR) is 80.0 cm³/mol. The second kappa shape index (κ2) is 7.00. The minimum atomic E-state index is -0.967. The lowest BCUT2D eigenvalue weighted by Gasteiger charge is -2.14. The molecule has 0 aliphatic rings. The smallest absolute Gasteiger partial charge is 0.337 e. The fraction of sp³-hybridized carbons (Fsp3) is 0.176. The van der Waals surface area contributed by atoms with E-state index < -0.39 is 29.6 Å². The molecule has 0 unspecified atom stereocenters. The van der Waals surface area contributed by atoms with Gasteiger partial charge in [-0.05, 0) is 48.9 Å².